The van der Waals surface area contributed by atoms with Crippen molar-refractivity contribution in [2.24, 2.45) is 0 Å². The van der Waals surface area contributed by atoms with E-state index in [0.717, 1.165) is 24.0 Å². The summed E-state index contributed by atoms with van der Waals surface area (Å²) in [5.74, 6) is 1.43. The minimum Gasteiger partial charge on any atom is -0.474 e. The third-order valence-corrected chi connectivity index (χ3v) is 4.76. The van der Waals surface area contributed by atoms with Crippen LogP contribution in [0.4, 0.5) is 0 Å². The smallest absolute Gasteiger partial charge is 0.259 e. The molecule has 0 N–H and O–H groups in total. The second-order valence-electron chi connectivity index (χ2n) is 7.25. The minimum absolute atomic E-state index is 0.0217. The van der Waals surface area contributed by atoms with E-state index in [4.69, 9.17) is 20.9 Å². The van der Waals surface area contributed by atoms with E-state index in [2.05, 4.69) is 21.2 Å². The molecule has 0 saturated carbocycles. The molecule has 1 aromatic carbocycles. The number of rotatable bonds is 8. The SMILES string of the molecule is CC(=O)CCCc1cccc(-c2noc(-c3cnc(OC(C)C)c(Cl)c3)n2)c1C. The molecule has 3 rings (SSSR count). The highest BCUT2D eigenvalue weighted by atomic mass is 35.5. The fraction of sp³-hybridized carbons (Fsp3) is 0.364. The summed E-state index contributed by atoms with van der Waals surface area (Å²) in [6.45, 7) is 7.47. The van der Waals surface area contributed by atoms with E-state index in [1.165, 1.54) is 5.56 Å². The van der Waals surface area contributed by atoms with Gasteiger partial charge in [0.05, 0.1) is 11.7 Å². The van der Waals surface area contributed by atoms with Crippen molar-refractivity contribution in [1.29, 1.82) is 0 Å². The lowest BCUT2D eigenvalue weighted by Crippen LogP contribution is -2.07. The first-order valence-electron chi connectivity index (χ1n) is 9.59. The van der Waals surface area contributed by atoms with Crippen molar-refractivity contribution in [3.05, 3.63) is 46.6 Å². The molecule has 0 unspecified atom stereocenters. The Morgan fingerprint density at radius 1 is 1.31 bits per heavy atom. The standard InChI is InChI=1S/C22H24ClN3O3/c1-13(2)28-22-19(23)11-17(12-24-22)21-25-20(26-29-21)18-10-6-9-16(15(18)4)8-5-7-14(3)27/h6,9-13H,5,7-8H2,1-4H3. The Morgan fingerprint density at radius 2 is 2.10 bits per heavy atom. The number of aromatic nitrogens is 3. The summed E-state index contributed by atoms with van der Waals surface area (Å²) in [4.78, 5) is 20.0. The monoisotopic (exact) mass is 413 g/mol. The van der Waals surface area contributed by atoms with Crippen molar-refractivity contribution in [3.63, 3.8) is 0 Å². The van der Waals surface area contributed by atoms with E-state index in [0.29, 0.717) is 34.6 Å². The first-order chi connectivity index (χ1) is 13.8. The van der Waals surface area contributed by atoms with Gasteiger partial charge in [-0.05, 0) is 57.7 Å². The molecule has 6 nitrogen and oxygen atoms in total. The van der Waals surface area contributed by atoms with E-state index in [-0.39, 0.29) is 11.9 Å². The van der Waals surface area contributed by atoms with Gasteiger partial charge in [0.1, 0.15) is 10.8 Å². The summed E-state index contributed by atoms with van der Waals surface area (Å²) >= 11 is 6.26. The zero-order chi connectivity index (χ0) is 21.0. The topological polar surface area (TPSA) is 78.1 Å². The van der Waals surface area contributed by atoms with Crippen LogP contribution in [0, 0.1) is 6.92 Å². The van der Waals surface area contributed by atoms with E-state index in [9.17, 15) is 4.79 Å². The molecule has 0 bridgehead atoms. The number of halogens is 1. The zero-order valence-electron chi connectivity index (χ0n) is 17.0. The third kappa shape index (κ3) is 5.21. The van der Waals surface area contributed by atoms with Crippen LogP contribution in [0.15, 0.2) is 35.0 Å². The molecule has 0 aliphatic rings. The van der Waals surface area contributed by atoms with Gasteiger partial charge in [-0.15, -0.1) is 0 Å². The molecule has 0 radical (unpaired) electrons. The number of pyridine rings is 1. The maximum absolute atomic E-state index is 11.2. The Bertz CT molecular complexity index is 1010. The molecular weight excluding hydrogens is 390 g/mol. The number of hydrogen-bond acceptors (Lipinski definition) is 6. The lowest BCUT2D eigenvalue weighted by Gasteiger charge is -2.10. The summed E-state index contributed by atoms with van der Waals surface area (Å²) in [6.07, 6.45) is 3.82. The molecule has 0 atom stereocenters. The molecule has 0 aliphatic heterocycles. The van der Waals surface area contributed by atoms with Gasteiger partial charge in [-0.1, -0.05) is 35.0 Å². The van der Waals surface area contributed by atoms with Crippen LogP contribution in [0.25, 0.3) is 22.8 Å². The number of aryl methyl sites for hydroxylation is 1. The van der Waals surface area contributed by atoms with E-state index in [1.54, 1.807) is 19.2 Å². The normalized spacial score (nSPS) is 11.1. The number of benzene rings is 1. The van der Waals surface area contributed by atoms with Gasteiger partial charge in [0.25, 0.3) is 5.89 Å². The maximum Gasteiger partial charge on any atom is 0.259 e. The number of ether oxygens (including phenoxy) is 1. The van der Waals surface area contributed by atoms with Gasteiger partial charge in [0, 0.05) is 18.2 Å². The predicted octanol–water partition coefficient (Wildman–Crippen LogP) is 5.46. The highest BCUT2D eigenvalue weighted by Crippen LogP contribution is 2.30. The molecule has 29 heavy (non-hydrogen) atoms. The Hall–Kier alpha value is -2.73. The summed E-state index contributed by atoms with van der Waals surface area (Å²) in [5.41, 5.74) is 3.79. The number of Topliss-reactive ketones (excluding diaryl/α,β-unsaturated/α-hetero) is 1. The van der Waals surface area contributed by atoms with Gasteiger partial charge in [0.2, 0.25) is 11.7 Å². The molecular formula is C22H24ClN3O3. The van der Waals surface area contributed by atoms with Gasteiger partial charge < -0.3 is 14.1 Å². The van der Waals surface area contributed by atoms with Crippen LogP contribution in [0.3, 0.4) is 0 Å². The van der Waals surface area contributed by atoms with Crippen molar-refractivity contribution in [2.75, 3.05) is 0 Å². The van der Waals surface area contributed by atoms with Crippen molar-refractivity contribution in [1.82, 2.24) is 15.1 Å². The fourth-order valence-corrected chi connectivity index (χ4v) is 3.24. The van der Waals surface area contributed by atoms with Gasteiger partial charge in [-0.3, -0.25) is 0 Å². The number of carbonyl (C=O) groups excluding carboxylic acids is 1. The van der Waals surface area contributed by atoms with Crippen molar-refractivity contribution in [2.45, 2.75) is 53.1 Å². The molecule has 0 saturated heterocycles. The lowest BCUT2D eigenvalue weighted by atomic mass is 9.97. The van der Waals surface area contributed by atoms with Gasteiger partial charge in [0.15, 0.2) is 0 Å². The second kappa shape index (κ2) is 9.18. The largest absolute Gasteiger partial charge is 0.474 e. The molecule has 2 heterocycles. The Kier molecular flexibility index (Phi) is 6.64. The molecule has 0 fully saturated rings. The predicted molar refractivity (Wildman–Crippen MR) is 112 cm³/mol. The first kappa shape index (κ1) is 21.0. The molecule has 0 spiro atoms. The van der Waals surface area contributed by atoms with Crippen molar-refractivity contribution >= 4 is 17.4 Å². The van der Waals surface area contributed by atoms with Gasteiger partial charge in [-0.25, -0.2) is 4.98 Å². The molecule has 152 valence electrons. The highest BCUT2D eigenvalue weighted by Gasteiger charge is 2.16. The summed E-state index contributed by atoms with van der Waals surface area (Å²) in [5, 5.41) is 4.52. The minimum atomic E-state index is -0.0217. The maximum atomic E-state index is 11.2. The Labute approximate surface area is 175 Å². The number of hydrogen-bond donors (Lipinski definition) is 0. The van der Waals surface area contributed by atoms with Crippen LogP contribution in [-0.4, -0.2) is 27.0 Å². The lowest BCUT2D eigenvalue weighted by molar-refractivity contribution is -0.117. The molecule has 0 aliphatic carbocycles. The zero-order valence-corrected chi connectivity index (χ0v) is 17.8. The van der Waals surface area contributed by atoms with Crippen LogP contribution in [0.5, 0.6) is 5.88 Å². The van der Waals surface area contributed by atoms with Crippen molar-refractivity contribution < 1.29 is 14.1 Å². The average molecular weight is 414 g/mol. The number of nitrogens with zero attached hydrogens (tertiary/aromatic N) is 3. The van der Waals surface area contributed by atoms with Crippen molar-refractivity contribution in [3.8, 4) is 28.7 Å². The summed E-state index contributed by atoms with van der Waals surface area (Å²) < 4.78 is 11.0. The number of ketones is 1. The molecule has 3 aromatic rings. The Morgan fingerprint density at radius 3 is 2.79 bits per heavy atom. The van der Waals surface area contributed by atoms with Crippen LogP contribution in [0.1, 0.15) is 44.7 Å². The summed E-state index contributed by atoms with van der Waals surface area (Å²) in [6, 6.07) is 7.70. The quantitative estimate of drug-likeness (QED) is 0.488. The molecule has 7 heteroatoms. The van der Waals surface area contributed by atoms with Crippen LogP contribution in [-0.2, 0) is 11.2 Å². The van der Waals surface area contributed by atoms with E-state index < -0.39 is 0 Å². The Balaban J connectivity index is 1.83. The van der Waals surface area contributed by atoms with E-state index >= 15 is 0 Å². The average Bonchev–Trinajstić information content (AvgIpc) is 3.14. The third-order valence-electron chi connectivity index (χ3n) is 4.49. The van der Waals surface area contributed by atoms with Crippen LogP contribution >= 0.6 is 11.6 Å². The van der Waals surface area contributed by atoms with Gasteiger partial charge >= 0.3 is 0 Å². The highest BCUT2D eigenvalue weighted by molar-refractivity contribution is 6.32. The summed E-state index contributed by atoms with van der Waals surface area (Å²) in [7, 11) is 0. The van der Waals surface area contributed by atoms with Crippen LogP contribution in [0.2, 0.25) is 5.02 Å². The first-order valence-corrected chi connectivity index (χ1v) is 9.97. The second-order valence-corrected chi connectivity index (χ2v) is 7.65. The molecule has 0 amide bonds. The van der Waals surface area contributed by atoms with Gasteiger partial charge in [-0.2, -0.15) is 4.98 Å². The number of carbonyl (C=O) groups is 1. The molecule has 2 aromatic heterocycles. The van der Waals surface area contributed by atoms with Crippen LogP contribution < -0.4 is 4.74 Å². The van der Waals surface area contributed by atoms with E-state index in [1.807, 2.05) is 32.9 Å². The fourth-order valence-electron chi connectivity index (χ4n) is 3.03.